The van der Waals surface area contributed by atoms with E-state index in [1.165, 1.54) is 31.4 Å². The molecule has 4 nitrogen and oxygen atoms in total. The Kier molecular flexibility index (Phi) is 3.63. The predicted octanol–water partition coefficient (Wildman–Crippen LogP) is 1.90. The summed E-state index contributed by atoms with van der Waals surface area (Å²) in [5, 5.41) is 8.15. The summed E-state index contributed by atoms with van der Waals surface area (Å²) in [6.45, 7) is 3.99. The smallest absolute Gasteiger partial charge is 0.0661 e. The molecule has 0 aromatic carbocycles. The van der Waals surface area contributed by atoms with Gasteiger partial charge in [0.15, 0.2) is 0 Å². The molecular weight excluding hydrogens is 238 g/mol. The van der Waals surface area contributed by atoms with Crippen LogP contribution in [0, 0.1) is 5.41 Å². The first kappa shape index (κ1) is 13.1. The molecule has 2 aliphatic carbocycles. The minimum atomic E-state index is 0.472. The van der Waals surface area contributed by atoms with Crippen LogP contribution in [-0.4, -0.2) is 35.1 Å². The van der Waals surface area contributed by atoms with E-state index in [-0.39, 0.29) is 0 Å². The quantitative estimate of drug-likeness (QED) is 0.852. The largest absolute Gasteiger partial charge is 0.378 e. The molecule has 0 amide bonds. The van der Waals surface area contributed by atoms with Gasteiger partial charge in [0.1, 0.15) is 0 Å². The second kappa shape index (κ2) is 5.25. The van der Waals surface area contributed by atoms with Crippen LogP contribution >= 0.6 is 0 Å². The fraction of sp³-hybridized carbons (Fsp3) is 0.800. The highest BCUT2D eigenvalue weighted by Crippen LogP contribution is 2.57. The molecule has 4 heteroatoms. The molecule has 2 fully saturated rings. The van der Waals surface area contributed by atoms with E-state index in [0.29, 0.717) is 17.6 Å². The Balaban J connectivity index is 1.46. The number of hydrogen-bond acceptors (Lipinski definition) is 3. The zero-order chi connectivity index (χ0) is 13.3. The molecule has 1 N–H and O–H groups in total. The minimum absolute atomic E-state index is 0.472. The van der Waals surface area contributed by atoms with Crippen molar-refractivity contribution in [2.24, 2.45) is 12.5 Å². The van der Waals surface area contributed by atoms with Gasteiger partial charge in [-0.15, -0.1) is 0 Å². The van der Waals surface area contributed by atoms with Crippen molar-refractivity contribution in [2.45, 2.75) is 51.2 Å². The summed E-state index contributed by atoms with van der Waals surface area (Å²) in [5.74, 6) is 0. The number of hydrogen-bond donors (Lipinski definition) is 1. The Morgan fingerprint density at radius 3 is 2.95 bits per heavy atom. The van der Waals surface area contributed by atoms with Gasteiger partial charge in [0.25, 0.3) is 0 Å². The molecule has 1 aromatic rings. The molecule has 0 aliphatic heterocycles. The van der Waals surface area contributed by atoms with Crippen LogP contribution in [0.5, 0.6) is 0 Å². The van der Waals surface area contributed by atoms with Crippen molar-refractivity contribution in [1.82, 2.24) is 15.1 Å². The third-order valence-corrected chi connectivity index (χ3v) is 4.98. The summed E-state index contributed by atoms with van der Waals surface area (Å²) in [6, 6.07) is 2.77. The van der Waals surface area contributed by atoms with Crippen molar-refractivity contribution in [3.8, 4) is 0 Å². The van der Waals surface area contributed by atoms with Crippen LogP contribution in [0.1, 0.15) is 38.3 Å². The van der Waals surface area contributed by atoms with Gasteiger partial charge in [0.05, 0.1) is 11.8 Å². The topological polar surface area (TPSA) is 39.1 Å². The number of aryl methyl sites for hydroxylation is 1. The van der Waals surface area contributed by atoms with Gasteiger partial charge in [-0.25, -0.2) is 0 Å². The molecule has 1 spiro atoms. The SMILES string of the molecule is CCOC1CC(NCCc2ccn(C)n2)C12CCC2. The van der Waals surface area contributed by atoms with Gasteiger partial charge in [0, 0.05) is 44.3 Å². The van der Waals surface area contributed by atoms with Crippen LogP contribution in [0.15, 0.2) is 12.3 Å². The van der Waals surface area contributed by atoms with Gasteiger partial charge in [-0.05, 0) is 32.3 Å². The molecule has 0 saturated heterocycles. The van der Waals surface area contributed by atoms with Gasteiger partial charge >= 0.3 is 0 Å². The molecule has 106 valence electrons. The summed E-state index contributed by atoms with van der Waals surface area (Å²) in [7, 11) is 1.97. The molecule has 2 atom stereocenters. The maximum atomic E-state index is 5.88. The number of ether oxygens (including phenoxy) is 1. The number of nitrogens with zero attached hydrogens (tertiary/aromatic N) is 2. The molecule has 2 saturated carbocycles. The predicted molar refractivity (Wildman–Crippen MR) is 75.0 cm³/mol. The van der Waals surface area contributed by atoms with Crippen LogP contribution in [0.2, 0.25) is 0 Å². The fourth-order valence-corrected chi connectivity index (χ4v) is 3.70. The van der Waals surface area contributed by atoms with Gasteiger partial charge in [0.2, 0.25) is 0 Å². The van der Waals surface area contributed by atoms with Gasteiger partial charge in [-0.2, -0.15) is 5.10 Å². The van der Waals surface area contributed by atoms with Crippen LogP contribution < -0.4 is 5.32 Å². The zero-order valence-corrected chi connectivity index (χ0v) is 12.1. The van der Waals surface area contributed by atoms with Crippen molar-refractivity contribution in [3.05, 3.63) is 18.0 Å². The molecule has 19 heavy (non-hydrogen) atoms. The highest BCUT2D eigenvalue weighted by atomic mass is 16.5. The first-order chi connectivity index (χ1) is 9.24. The number of aromatic nitrogens is 2. The van der Waals surface area contributed by atoms with Gasteiger partial charge < -0.3 is 10.1 Å². The summed E-state index contributed by atoms with van der Waals surface area (Å²) in [5.41, 5.74) is 1.65. The lowest BCUT2D eigenvalue weighted by Gasteiger charge is -2.61. The summed E-state index contributed by atoms with van der Waals surface area (Å²) in [6.07, 6.45) is 8.80. The van der Waals surface area contributed by atoms with E-state index >= 15 is 0 Å². The van der Waals surface area contributed by atoms with Crippen LogP contribution in [-0.2, 0) is 18.2 Å². The average Bonchev–Trinajstić information content (AvgIpc) is 2.70. The Hall–Kier alpha value is -0.870. The summed E-state index contributed by atoms with van der Waals surface area (Å²) in [4.78, 5) is 0. The lowest BCUT2D eigenvalue weighted by Crippen LogP contribution is -2.67. The summed E-state index contributed by atoms with van der Waals surface area (Å²) < 4.78 is 7.75. The van der Waals surface area contributed by atoms with E-state index < -0.39 is 0 Å². The Morgan fingerprint density at radius 2 is 2.37 bits per heavy atom. The van der Waals surface area contributed by atoms with Crippen molar-refractivity contribution in [2.75, 3.05) is 13.2 Å². The normalized spacial score (nSPS) is 28.1. The fourth-order valence-electron chi connectivity index (χ4n) is 3.70. The Bertz CT molecular complexity index is 425. The molecule has 3 rings (SSSR count). The van der Waals surface area contributed by atoms with Gasteiger partial charge in [-0.1, -0.05) is 6.42 Å². The summed E-state index contributed by atoms with van der Waals surface area (Å²) >= 11 is 0. The highest BCUT2D eigenvalue weighted by Gasteiger charge is 2.58. The Labute approximate surface area is 115 Å². The maximum absolute atomic E-state index is 5.88. The second-order valence-electron chi connectivity index (χ2n) is 6.00. The average molecular weight is 263 g/mol. The van der Waals surface area contributed by atoms with Crippen molar-refractivity contribution >= 4 is 0 Å². The molecule has 2 unspecified atom stereocenters. The second-order valence-corrected chi connectivity index (χ2v) is 6.00. The lowest BCUT2D eigenvalue weighted by atomic mass is 9.51. The molecule has 1 aromatic heterocycles. The first-order valence-electron chi connectivity index (χ1n) is 7.58. The van der Waals surface area contributed by atoms with Gasteiger partial charge in [-0.3, -0.25) is 4.68 Å². The third-order valence-electron chi connectivity index (χ3n) is 4.98. The number of nitrogens with one attached hydrogen (secondary N) is 1. The maximum Gasteiger partial charge on any atom is 0.0661 e. The monoisotopic (exact) mass is 263 g/mol. The molecule has 1 heterocycles. The van der Waals surface area contributed by atoms with E-state index in [9.17, 15) is 0 Å². The van der Waals surface area contributed by atoms with Crippen molar-refractivity contribution in [1.29, 1.82) is 0 Å². The van der Waals surface area contributed by atoms with Crippen LogP contribution in [0.4, 0.5) is 0 Å². The van der Waals surface area contributed by atoms with Crippen LogP contribution in [0.25, 0.3) is 0 Å². The molecular formula is C15H25N3O. The zero-order valence-electron chi connectivity index (χ0n) is 12.1. The van der Waals surface area contributed by atoms with Crippen molar-refractivity contribution in [3.63, 3.8) is 0 Å². The van der Waals surface area contributed by atoms with E-state index in [2.05, 4.69) is 23.4 Å². The van der Waals surface area contributed by atoms with E-state index in [4.69, 9.17) is 4.74 Å². The first-order valence-corrected chi connectivity index (χ1v) is 7.58. The number of rotatable bonds is 6. The van der Waals surface area contributed by atoms with Crippen molar-refractivity contribution < 1.29 is 4.74 Å². The minimum Gasteiger partial charge on any atom is -0.378 e. The Morgan fingerprint density at radius 1 is 1.53 bits per heavy atom. The molecule has 0 radical (unpaired) electrons. The third kappa shape index (κ3) is 2.32. The van der Waals surface area contributed by atoms with Crippen LogP contribution in [0.3, 0.4) is 0 Å². The van der Waals surface area contributed by atoms with E-state index in [1.807, 2.05) is 17.9 Å². The molecule has 0 bridgehead atoms. The van der Waals surface area contributed by atoms with E-state index in [1.54, 1.807) is 0 Å². The molecule has 2 aliphatic rings. The van der Waals surface area contributed by atoms with E-state index in [0.717, 1.165) is 19.6 Å². The highest BCUT2D eigenvalue weighted by molar-refractivity contribution is 5.12. The standard InChI is InChI=1S/C15H25N3O/c1-3-19-14-11-13(15(14)7-4-8-15)16-9-5-12-6-10-18(2)17-12/h6,10,13-14,16H,3-5,7-9,11H2,1-2H3. The lowest BCUT2D eigenvalue weighted by molar-refractivity contribution is -0.172.